The van der Waals surface area contributed by atoms with E-state index in [2.05, 4.69) is 6.92 Å². The van der Waals surface area contributed by atoms with Gasteiger partial charge < -0.3 is 5.73 Å². The van der Waals surface area contributed by atoms with Crippen LogP contribution in [0.25, 0.3) is 0 Å². The maximum absolute atomic E-state index is 12.5. The minimum absolute atomic E-state index is 0.100. The second-order valence-electron chi connectivity index (χ2n) is 4.79. The normalized spacial score (nSPS) is 20.3. The number of nitriles is 1. The van der Waals surface area contributed by atoms with Crippen LogP contribution >= 0.6 is 0 Å². The Bertz CT molecular complexity index is 619. The summed E-state index contributed by atoms with van der Waals surface area (Å²) in [6.45, 7) is 3.16. The van der Waals surface area contributed by atoms with Crippen molar-refractivity contribution in [2.45, 2.75) is 24.7 Å². The summed E-state index contributed by atoms with van der Waals surface area (Å²) in [5.41, 5.74) is 6.26. The standard InChI is InChI=1S/C13H17N3O2S/c1-2-10-5-6-16(9-10)19(17,18)13-4-3-11(8-14)7-12(13)15/h3-4,7,10H,2,5-6,9,15H2,1H3. The van der Waals surface area contributed by atoms with Crippen LogP contribution in [0.2, 0.25) is 0 Å². The summed E-state index contributed by atoms with van der Waals surface area (Å²) in [4.78, 5) is 0.100. The summed E-state index contributed by atoms with van der Waals surface area (Å²) >= 11 is 0. The van der Waals surface area contributed by atoms with E-state index in [-0.39, 0.29) is 10.6 Å². The number of nitrogens with zero attached hydrogens (tertiary/aromatic N) is 2. The van der Waals surface area contributed by atoms with Gasteiger partial charge in [-0.25, -0.2) is 8.42 Å². The lowest BCUT2D eigenvalue weighted by Crippen LogP contribution is -2.29. The number of rotatable bonds is 3. The maximum Gasteiger partial charge on any atom is 0.245 e. The molecule has 6 heteroatoms. The Morgan fingerprint density at radius 2 is 2.26 bits per heavy atom. The molecule has 1 aromatic carbocycles. The number of nitrogen functional groups attached to an aromatic ring is 1. The first-order chi connectivity index (χ1) is 8.98. The molecule has 5 nitrogen and oxygen atoms in total. The van der Waals surface area contributed by atoms with E-state index in [1.807, 2.05) is 6.07 Å². The first-order valence-corrected chi connectivity index (χ1v) is 7.72. The maximum atomic E-state index is 12.5. The van der Waals surface area contributed by atoms with E-state index >= 15 is 0 Å². The van der Waals surface area contributed by atoms with E-state index < -0.39 is 10.0 Å². The molecule has 1 heterocycles. The molecular formula is C13H17N3O2S. The Morgan fingerprint density at radius 3 is 2.79 bits per heavy atom. The molecule has 0 amide bonds. The molecule has 0 aromatic heterocycles. The summed E-state index contributed by atoms with van der Waals surface area (Å²) in [5, 5.41) is 8.77. The fourth-order valence-corrected chi connectivity index (χ4v) is 3.97. The van der Waals surface area contributed by atoms with Crippen LogP contribution < -0.4 is 5.73 Å². The number of hydrogen-bond donors (Lipinski definition) is 1. The van der Waals surface area contributed by atoms with Gasteiger partial charge in [0.2, 0.25) is 10.0 Å². The zero-order valence-corrected chi connectivity index (χ0v) is 11.7. The van der Waals surface area contributed by atoms with Crippen molar-refractivity contribution in [3.05, 3.63) is 23.8 Å². The average molecular weight is 279 g/mol. The van der Waals surface area contributed by atoms with Crippen molar-refractivity contribution >= 4 is 15.7 Å². The smallest absolute Gasteiger partial charge is 0.245 e. The predicted molar refractivity (Wildman–Crippen MR) is 72.7 cm³/mol. The number of nitrogens with two attached hydrogens (primary N) is 1. The lowest BCUT2D eigenvalue weighted by Gasteiger charge is -2.17. The summed E-state index contributed by atoms with van der Waals surface area (Å²) in [6, 6.07) is 6.25. The Labute approximate surface area is 113 Å². The molecule has 1 aliphatic rings. The van der Waals surface area contributed by atoms with Crippen molar-refractivity contribution in [2.24, 2.45) is 5.92 Å². The molecule has 0 spiro atoms. The highest BCUT2D eigenvalue weighted by Crippen LogP contribution is 2.29. The van der Waals surface area contributed by atoms with Crippen LogP contribution in [0.5, 0.6) is 0 Å². The molecule has 0 radical (unpaired) electrons. The molecule has 1 aliphatic heterocycles. The number of benzene rings is 1. The molecule has 1 aromatic rings. The zero-order valence-electron chi connectivity index (χ0n) is 10.8. The van der Waals surface area contributed by atoms with Crippen molar-refractivity contribution in [3.63, 3.8) is 0 Å². The molecule has 19 heavy (non-hydrogen) atoms. The van der Waals surface area contributed by atoms with Gasteiger partial charge in [0.15, 0.2) is 0 Å². The second kappa shape index (κ2) is 5.19. The van der Waals surface area contributed by atoms with Gasteiger partial charge in [0.05, 0.1) is 17.3 Å². The first-order valence-electron chi connectivity index (χ1n) is 6.28. The summed E-state index contributed by atoms with van der Waals surface area (Å²) < 4.78 is 26.4. The van der Waals surface area contributed by atoms with Gasteiger partial charge in [-0.2, -0.15) is 9.57 Å². The molecule has 1 saturated heterocycles. The molecule has 2 N–H and O–H groups in total. The summed E-state index contributed by atoms with van der Waals surface area (Å²) in [6.07, 6.45) is 1.88. The van der Waals surface area contributed by atoms with Gasteiger partial charge in [-0.05, 0) is 30.5 Å². The number of sulfonamides is 1. The predicted octanol–water partition coefficient (Wildman–Crippen LogP) is 1.56. The molecule has 0 saturated carbocycles. The van der Waals surface area contributed by atoms with Gasteiger partial charge in [0.1, 0.15) is 4.90 Å². The van der Waals surface area contributed by atoms with Crippen LogP contribution in [0.15, 0.2) is 23.1 Å². The molecule has 102 valence electrons. The SMILES string of the molecule is CCC1CCN(S(=O)(=O)c2ccc(C#N)cc2N)C1. The Balaban J connectivity index is 2.33. The molecule has 1 unspecified atom stereocenters. The van der Waals surface area contributed by atoms with Crippen LogP contribution in [0.4, 0.5) is 5.69 Å². The van der Waals surface area contributed by atoms with Crippen molar-refractivity contribution in [3.8, 4) is 6.07 Å². The monoisotopic (exact) mass is 279 g/mol. The average Bonchev–Trinajstić information content (AvgIpc) is 2.87. The van der Waals surface area contributed by atoms with Gasteiger partial charge in [-0.3, -0.25) is 0 Å². The van der Waals surface area contributed by atoms with Crippen LogP contribution in [-0.2, 0) is 10.0 Å². The van der Waals surface area contributed by atoms with E-state index in [1.54, 1.807) is 0 Å². The quantitative estimate of drug-likeness (QED) is 0.851. The highest BCUT2D eigenvalue weighted by Gasteiger charge is 2.32. The van der Waals surface area contributed by atoms with Crippen molar-refractivity contribution < 1.29 is 8.42 Å². The zero-order chi connectivity index (χ0) is 14.0. The first kappa shape index (κ1) is 13.8. The molecule has 0 aliphatic carbocycles. The van der Waals surface area contributed by atoms with E-state index in [0.717, 1.165) is 12.8 Å². The molecular weight excluding hydrogens is 262 g/mol. The molecule has 1 fully saturated rings. The largest absolute Gasteiger partial charge is 0.398 e. The Morgan fingerprint density at radius 1 is 1.53 bits per heavy atom. The molecule has 0 bridgehead atoms. The minimum atomic E-state index is -3.54. The topological polar surface area (TPSA) is 87.2 Å². The highest BCUT2D eigenvalue weighted by atomic mass is 32.2. The third-order valence-electron chi connectivity index (χ3n) is 3.58. The van der Waals surface area contributed by atoms with E-state index in [1.165, 1.54) is 22.5 Å². The minimum Gasteiger partial charge on any atom is -0.398 e. The third-order valence-corrected chi connectivity index (χ3v) is 5.52. The van der Waals surface area contributed by atoms with Crippen LogP contribution in [-0.4, -0.2) is 25.8 Å². The third kappa shape index (κ3) is 2.57. The summed E-state index contributed by atoms with van der Waals surface area (Å²) in [5.74, 6) is 0.425. The van der Waals surface area contributed by atoms with Crippen LogP contribution in [0.3, 0.4) is 0 Å². The lowest BCUT2D eigenvalue weighted by molar-refractivity contribution is 0.453. The van der Waals surface area contributed by atoms with Gasteiger partial charge in [-0.15, -0.1) is 0 Å². The fourth-order valence-electron chi connectivity index (χ4n) is 2.34. The van der Waals surface area contributed by atoms with Gasteiger partial charge in [0, 0.05) is 13.1 Å². The summed E-state index contributed by atoms with van der Waals surface area (Å²) in [7, 11) is -3.54. The lowest BCUT2D eigenvalue weighted by atomic mass is 10.1. The Kier molecular flexibility index (Phi) is 3.78. The Hall–Kier alpha value is -1.58. The fraction of sp³-hybridized carbons (Fsp3) is 0.462. The van der Waals surface area contributed by atoms with Crippen molar-refractivity contribution in [1.82, 2.24) is 4.31 Å². The van der Waals surface area contributed by atoms with Crippen molar-refractivity contribution in [2.75, 3.05) is 18.8 Å². The number of anilines is 1. The van der Waals surface area contributed by atoms with E-state index in [4.69, 9.17) is 11.0 Å². The van der Waals surface area contributed by atoms with Gasteiger partial charge >= 0.3 is 0 Å². The van der Waals surface area contributed by atoms with Crippen LogP contribution in [0.1, 0.15) is 25.3 Å². The molecule has 1 atom stereocenters. The molecule has 2 rings (SSSR count). The van der Waals surface area contributed by atoms with Crippen LogP contribution in [0, 0.1) is 17.2 Å². The van der Waals surface area contributed by atoms with Gasteiger partial charge in [0.25, 0.3) is 0 Å². The highest BCUT2D eigenvalue weighted by molar-refractivity contribution is 7.89. The number of hydrogen-bond acceptors (Lipinski definition) is 4. The second-order valence-corrected chi connectivity index (χ2v) is 6.70. The van der Waals surface area contributed by atoms with E-state index in [9.17, 15) is 8.42 Å². The van der Waals surface area contributed by atoms with Gasteiger partial charge in [-0.1, -0.05) is 13.3 Å². The van der Waals surface area contributed by atoms with Crippen molar-refractivity contribution in [1.29, 1.82) is 5.26 Å². The van der Waals surface area contributed by atoms with E-state index in [0.29, 0.717) is 24.6 Å².